The number of hydrogen-bond acceptors (Lipinski definition) is 2. The van der Waals surface area contributed by atoms with Crippen LogP contribution in [0.4, 0.5) is 0 Å². The predicted octanol–water partition coefficient (Wildman–Crippen LogP) is 1.23. The fourth-order valence-corrected chi connectivity index (χ4v) is 4.75. The third-order valence-corrected chi connectivity index (χ3v) is 5.52. The molecule has 3 unspecified atom stereocenters. The Labute approximate surface area is 65.7 Å². The van der Waals surface area contributed by atoms with E-state index in [1.807, 2.05) is 0 Å². The van der Waals surface area contributed by atoms with Crippen molar-refractivity contribution >= 4 is 11.8 Å². The van der Waals surface area contributed by atoms with Crippen molar-refractivity contribution in [2.45, 2.75) is 30.1 Å². The van der Waals surface area contributed by atoms with E-state index in [2.05, 4.69) is 11.8 Å². The molecule has 2 aliphatic carbocycles. The lowest BCUT2D eigenvalue weighted by Crippen LogP contribution is -2.39. The van der Waals surface area contributed by atoms with Crippen molar-refractivity contribution in [3.8, 4) is 0 Å². The summed E-state index contributed by atoms with van der Waals surface area (Å²) in [6.45, 7) is 0. The van der Waals surface area contributed by atoms with E-state index in [0.29, 0.717) is 10.8 Å². The maximum Gasteiger partial charge on any atom is 0.0345 e. The Bertz CT molecular complexity index is 180. The van der Waals surface area contributed by atoms with E-state index in [1.54, 1.807) is 0 Å². The van der Waals surface area contributed by atoms with Gasteiger partial charge in [-0.1, -0.05) is 0 Å². The molecule has 2 heteroatoms. The predicted molar refractivity (Wildman–Crippen MR) is 44.0 cm³/mol. The molecule has 10 heavy (non-hydrogen) atoms. The molecule has 1 spiro atoms. The highest BCUT2D eigenvalue weighted by molar-refractivity contribution is 8.01. The first kappa shape index (κ1) is 5.90. The monoisotopic (exact) mass is 155 g/mol. The summed E-state index contributed by atoms with van der Waals surface area (Å²) in [7, 11) is 0. The van der Waals surface area contributed by atoms with Crippen LogP contribution < -0.4 is 5.73 Å². The van der Waals surface area contributed by atoms with Crippen LogP contribution in [0.25, 0.3) is 0 Å². The molecule has 0 aromatic heterocycles. The topological polar surface area (TPSA) is 26.0 Å². The van der Waals surface area contributed by atoms with E-state index in [4.69, 9.17) is 5.73 Å². The maximum atomic E-state index is 6.14. The SMILES string of the molecule is N[C@@H]1C2CCC3CC31SC2. The van der Waals surface area contributed by atoms with Gasteiger partial charge in [-0.25, -0.2) is 0 Å². The van der Waals surface area contributed by atoms with Crippen LogP contribution in [0.5, 0.6) is 0 Å². The van der Waals surface area contributed by atoms with Gasteiger partial charge in [0.15, 0.2) is 0 Å². The molecular formula is C8H13NS. The zero-order valence-corrected chi connectivity index (χ0v) is 6.86. The summed E-state index contributed by atoms with van der Waals surface area (Å²) in [5, 5.41) is 0. The van der Waals surface area contributed by atoms with E-state index < -0.39 is 0 Å². The van der Waals surface area contributed by atoms with Gasteiger partial charge in [0, 0.05) is 10.8 Å². The maximum absolute atomic E-state index is 6.14. The van der Waals surface area contributed by atoms with Crippen LogP contribution in [0.1, 0.15) is 19.3 Å². The first-order valence-electron chi connectivity index (χ1n) is 4.22. The number of rotatable bonds is 0. The summed E-state index contributed by atoms with van der Waals surface area (Å²) in [5.41, 5.74) is 6.14. The zero-order chi connectivity index (χ0) is 6.77. The first-order valence-corrected chi connectivity index (χ1v) is 5.21. The van der Waals surface area contributed by atoms with Crippen LogP contribution in [-0.2, 0) is 0 Å². The van der Waals surface area contributed by atoms with Gasteiger partial charge in [-0.15, -0.1) is 0 Å². The second-order valence-corrected chi connectivity index (χ2v) is 5.41. The van der Waals surface area contributed by atoms with Crippen LogP contribution in [-0.4, -0.2) is 16.5 Å². The second kappa shape index (κ2) is 1.56. The lowest BCUT2D eigenvalue weighted by atomic mass is 9.86. The van der Waals surface area contributed by atoms with E-state index >= 15 is 0 Å². The summed E-state index contributed by atoms with van der Waals surface area (Å²) in [6, 6.07) is 0.566. The van der Waals surface area contributed by atoms with Gasteiger partial charge < -0.3 is 5.73 Å². The quantitative estimate of drug-likeness (QED) is 0.569. The molecule has 0 radical (unpaired) electrons. The van der Waals surface area contributed by atoms with Crippen molar-refractivity contribution in [3.63, 3.8) is 0 Å². The standard InChI is InChI=1S/C8H13NS/c9-7-5-1-2-6-3-8(6,7)10-4-5/h5-7H,1-4,9H2/t5?,6?,7-,8?/m1/s1. The molecule has 4 atom stereocenters. The van der Waals surface area contributed by atoms with Crippen molar-refractivity contribution in [2.75, 3.05) is 5.75 Å². The Kier molecular flexibility index (Phi) is 0.919. The van der Waals surface area contributed by atoms with Gasteiger partial charge in [0.05, 0.1) is 0 Å². The first-order chi connectivity index (χ1) is 4.83. The average molecular weight is 155 g/mol. The minimum atomic E-state index is 0.566. The van der Waals surface area contributed by atoms with Crippen LogP contribution in [0.15, 0.2) is 0 Å². The normalized spacial score (nSPS) is 63.9. The molecule has 1 saturated heterocycles. The summed E-state index contributed by atoms with van der Waals surface area (Å²) in [5.74, 6) is 3.26. The van der Waals surface area contributed by atoms with E-state index in [1.165, 1.54) is 25.0 Å². The van der Waals surface area contributed by atoms with Crippen LogP contribution in [0.2, 0.25) is 0 Å². The van der Waals surface area contributed by atoms with E-state index in [-0.39, 0.29) is 0 Å². The summed E-state index contributed by atoms with van der Waals surface area (Å²) >= 11 is 2.17. The Morgan fingerprint density at radius 1 is 1.40 bits per heavy atom. The zero-order valence-electron chi connectivity index (χ0n) is 6.05. The number of nitrogens with two attached hydrogens (primary N) is 1. The fraction of sp³-hybridized carbons (Fsp3) is 1.00. The lowest BCUT2D eigenvalue weighted by Gasteiger charge is -2.24. The van der Waals surface area contributed by atoms with Crippen molar-refractivity contribution < 1.29 is 0 Å². The third kappa shape index (κ3) is 0.483. The van der Waals surface area contributed by atoms with Gasteiger partial charge >= 0.3 is 0 Å². The molecule has 56 valence electrons. The summed E-state index contributed by atoms with van der Waals surface area (Å²) in [4.78, 5) is 0. The van der Waals surface area contributed by atoms with Gasteiger partial charge in [0.25, 0.3) is 0 Å². The van der Waals surface area contributed by atoms with Gasteiger partial charge in [-0.05, 0) is 36.9 Å². The molecule has 1 nitrogen and oxygen atoms in total. The Balaban J connectivity index is 2.00. The molecule has 3 aliphatic rings. The van der Waals surface area contributed by atoms with Crippen LogP contribution in [0, 0.1) is 11.8 Å². The molecule has 1 aliphatic heterocycles. The highest BCUT2D eigenvalue weighted by Gasteiger charge is 2.65. The highest BCUT2D eigenvalue weighted by Crippen LogP contribution is 2.67. The molecule has 0 amide bonds. The van der Waals surface area contributed by atoms with Gasteiger partial charge in [0.2, 0.25) is 0 Å². The Morgan fingerprint density at radius 2 is 2.30 bits per heavy atom. The minimum Gasteiger partial charge on any atom is -0.326 e. The molecule has 3 rings (SSSR count). The third-order valence-electron chi connectivity index (χ3n) is 3.62. The smallest absolute Gasteiger partial charge is 0.0345 e. The number of thioether (sulfide) groups is 1. The summed E-state index contributed by atoms with van der Waals surface area (Å²) in [6.07, 6.45) is 4.33. The van der Waals surface area contributed by atoms with Crippen molar-refractivity contribution in [1.29, 1.82) is 0 Å². The Morgan fingerprint density at radius 3 is 3.10 bits per heavy atom. The lowest BCUT2D eigenvalue weighted by molar-refractivity contribution is 0.359. The molecule has 2 saturated carbocycles. The van der Waals surface area contributed by atoms with Gasteiger partial charge in [-0.2, -0.15) is 11.8 Å². The molecule has 0 aromatic rings. The van der Waals surface area contributed by atoms with Crippen LogP contribution >= 0.6 is 11.8 Å². The summed E-state index contributed by atoms with van der Waals surface area (Å²) < 4.78 is 0.614. The number of fused-ring (bicyclic) bond motifs is 1. The highest BCUT2D eigenvalue weighted by atomic mass is 32.2. The molecule has 3 fully saturated rings. The Hall–Kier alpha value is 0.310. The van der Waals surface area contributed by atoms with E-state index in [0.717, 1.165) is 11.8 Å². The van der Waals surface area contributed by atoms with Gasteiger partial charge in [-0.3, -0.25) is 0 Å². The molecule has 2 N–H and O–H groups in total. The fourth-order valence-electron chi connectivity index (χ4n) is 2.80. The van der Waals surface area contributed by atoms with Crippen molar-refractivity contribution in [3.05, 3.63) is 0 Å². The number of hydrogen-bond donors (Lipinski definition) is 1. The van der Waals surface area contributed by atoms with E-state index in [9.17, 15) is 0 Å². The molecule has 2 bridgehead atoms. The molecular weight excluding hydrogens is 142 g/mol. The molecule has 1 heterocycles. The average Bonchev–Trinajstić information content (AvgIpc) is 2.53. The van der Waals surface area contributed by atoms with Crippen molar-refractivity contribution in [2.24, 2.45) is 17.6 Å². The second-order valence-electron chi connectivity index (χ2n) is 4.03. The molecule has 0 aromatic carbocycles. The minimum absolute atomic E-state index is 0.566. The van der Waals surface area contributed by atoms with Gasteiger partial charge in [0.1, 0.15) is 0 Å². The van der Waals surface area contributed by atoms with Crippen LogP contribution in [0.3, 0.4) is 0 Å². The largest absolute Gasteiger partial charge is 0.326 e. The van der Waals surface area contributed by atoms with Crippen molar-refractivity contribution in [1.82, 2.24) is 0 Å².